The van der Waals surface area contributed by atoms with Crippen molar-refractivity contribution < 1.29 is 0 Å². The Bertz CT molecular complexity index is 104. The van der Waals surface area contributed by atoms with Crippen LogP contribution in [0.1, 0.15) is 40.0 Å². The third-order valence-corrected chi connectivity index (χ3v) is 4.26. The predicted molar refractivity (Wildman–Crippen MR) is 69.0 cm³/mol. The van der Waals surface area contributed by atoms with Crippen LogP contribution in [0.25, 0.3) is 0 Å². The minimum Gasteiger partial charge on any atom is -0.162 e. The van der Waals surface area contributed by atoms with Gasteiger partial charge < -0.3 is 0 Å². The Hall–Kier alpha value is 0.830. The van der Waals surface area contributed by atoms with E-state index in [4.69, 9.17) is 0 Å². The zero-order valence-electron chi connectivity index (χ0n) is 9.18. The highest BCUT2D eigenvalue weighted by Crippen LogP contribution is 2.18. The summed E-state index contributed by atoms with van der Waals surface area (Å²) in [6.07, 6.45) is 4.06. The second kappa shape index (κ2) is 9.39. The van der Waals surface area contributed by atoms with E-state index < -0.39 is 0 Å². The summed E-state index contributed by atoms with van der Waals surface area (Å²) in [4.78, 5) is 0. The lowest BCUT2D eigenvalue weighted by molar-refractivity contribution is 0.595. The quantitative estimate of drug-likeness (QED) is 0.458. The Balaban J connectivity index is 3.27. The average Bonchev–Trinajstić information content (AvgIpc) is 2.10. The molecule has 0 aliphatic heterocycles. The van der Waals surface area contributed by atoms with Crippen LogP contribution in [-0.4, -0.2) is 16.8 Å². The summed E-state index contributed by atoms with van der Waals surface area (Å²) in [6, 6.07) is 0. The van der Waals surface area contributed by atoms with Crippen LogP contribution in [0.2, 0.25) is 0 Å². The summed E-state index contributed by atoms with van der Waals surface area (Å²) in [5.41, 5.74) is 0. The molecule has 0 rings (SSSR count). The van der Waals surface area contributed by atoms with E-state index in [9.17, 15) is 0 Å². The van der Waals surface area contributed by atoms with Crippen LogP contribution in [-0.2, 0) is 0 Å². The highest BCUT2D eigenvalue weighted by Gasteiger charge is 2.05. The molecule has 0 saturated carbocycles. The summed E-state index contributed by atoms with van der Waals surface area (Å²) in [7, 11) is 0. The standard InChI is InChI=1S/C11H23BrS/c1-4-5-11(8-12)9-13-7-6-10(2)3/h10-11H,4-9H2,1-3H3. The van der Waals surface area contributed by atoms with Crippen molar-refractivity contribution in [3.63, 3.8) is 0 Å². The topological polar surface area (TPSA) is 0 Å². The fourth-order valence-corrected chi connectivity index (χ4v) is 3.46. The van der Waals surface area contributed by atoms with Gasteiger partial charge in [0.1, 0.15) is 0 Å². The molecule has 0 fully saturated rings. The van der Waals surface area contributed by atoms with Crippen LogP contribution in [0.3, 0.4) is 0 Å². The molecule has 0 radical (unpaired) electrons. The Labute approximate surface area is 96.4 Å². The molecule has 2 heteroatoms. The highest BCUT2D eigenvalue weighted by molar-refractivity contribution is 9.09. The molecule has 0 aliphatic rings. The Morgan fingerprint density at radius 1 is 1.23 bits per heavy atom. The Morgan fingerprint density at radius 3 is 2.38 bits per heavy atom. The molecule has 0 heterocycles. The predicted octanol–water partition coefficient (Wildman–Crippen LogP) is 4.58. The highest BCUT2D eigenvalue weighted by atomic mass is 79.9. The van der Waals surface area contributed by atoms with Crippen molar-refractivity contribution in [1.82, 2.24) is 0 Å². The minimum absolute atomic E-state index is 0.862. The third kappa shape index (κ3) is 9.14. The second-order valence-electron chi connectivity index (χ2n) is 4.07. The first-order chi connectivity index (χ1) is 6.20. The van der Waals surface area contributed by atoms with Gasteiger partial charge in [-0.15, -0.1) is 0 Å². The first-order valence-electron chi connectivity index (χ1n) is 5.34. The van der Waals surface area contributed by atoms with E-state index in [-0.39, 0.29) is 0 Å². The van der Waals surface area contributed by atoms with Gasteiger partial charge in [-0.25, -0.2) is 0 Å². The molecular formula is C11H23BrS. The van der Waals surface area contributed by atoms with Crippen LogP contribution in [0.5, 0.6) is 0 Å². The Kier molecular flexibility index (Phi) is 9.99. The number of hydrogen-bond donors (Lipinski definition) is 0. The Morgan fingerprint density at radius 2 is 1.92 bits per heavy atom. The van der Waals surface area contributed by atoms with Crippen molar-refractivity contribution in [3.8, 4) is 0 Å². The first-order valence-corrected chi connectivity index (χ1v) is 7.62. The van der Waals surface area contributed by atoms with Crippen molar-refractivity contribution in [3.05, 3.63) is 0 Å². The van der Waals surface area contributed by atoms with Crippen LogP contribution in [0.15, 0.2) is 0 Å². The van der Waals surface area contributed by atoms with Crippen molar-refractivity contribution in [1.29, 1.82) is 0 Å². The van der Waals surface area contributed by atoms with Gasteiger partial charge in [-0.2, -0.15) is 11.8 Å². The van der Waals surface area contributed by atoms with E-state index in [1.54, 1.807) is 0 Å². The molecule has 0 saturated heterocycles. The molecule has 1 atom stereocenters. The summed E-state index contributed by atoms with van der Waals surface area (Å²) < 4.78 is 0. The van der Waals surface area contributed by atoms with E-state index >= 15 is 0 Å². The van der Waals surface area contributed by atoms with E-state index in [0.717, 1.165) is 11.8 Å². The van der Waals surface area contributed by atoms with Gasteiger partial charge in [-0.3, -0.25) is 0 Å². The molecular weight excluding hydrogens is 244 g/mol. The van der Waals surface area contributed by atoms with Crippen molar-refractivity contribution in [2.45, 2.75) is 40.0 Å². The maximum atomic E-state index is 3.58. The van der Waals surface area contributed by atoms with Gasteiger partial charge >= 0.3 is 0 Å². The van der Waals surface area contributed by atoms with Gasteiger partial charge in [0.05, 0.1) is 0 Å². The van der Waals surface area contributed by atoms with E-state index in [1.165, 1.54) is 36.1 Å². The van der Waals surface area contributed by atoms with Crippen LogP contribution < -0.4 is 0 Å². The van der Waals surface area contributed by atoms with Crippen LogP contribution >= 0.6 is 27.7 Å². The third-order valence-electron chi connectivity index (χ3n) is 2.11. The number of alkyl halides is 1. The van der Waals surface area contributed by atoms with E-state index in [1.807, 2.05) is 0 Å². The van der Waals surface area contributed by atoms with E-state index in [2.05, 4.69) is 48.5 Å². The summed E-state index contributed by atoms with van der Waals surface area (Å²) >= 11 is 5.71. The molecule has 80 valence electrons. The van der Waals surface area contributed by atoms with Gasteiger partial charge in [-0.05, 0) is 36.2 Å². The molecule has 1 unspecified atom stereocenters. The van der Waals surface area contributed by atoms with Crippen LogP contribution in [0.4, 0.5) is 0 Å². The molecule has 0 N–H and O–H groups in total. The fraction of sp³-hybridized carbons (Fsp3) is 1.00. The van der Waals surface area contributed by atoms with Crippen molar-refractivity contribution >= 4 is 27.7 Å². The van der Waals surface area contributed by atoms with Crippen LogP contribution in [0, 0.1) is 11.8 Å². The van der Waals surface area contributed by atoms with Gasteiger partial charge in [0, 0.05) is 5.33 Å². The largest absolute Gasteiger partial charge is 0.162 e. The maximum Gasteiger partial charge on any atom is 0.00675 e. The molecule has 0 spiro atoms. The lowest BCUT2D eigenvalue weighted by atomic mass is 10.1. The lowest BCUT2D eigenvalue weighted by Crippen LogP contribution is -2.05. The normalized spacial score (nSPS) is 13.6. The molecule has 13 heavy (non-hydrogen) atoms. The smallest absolute Gasteiger partial charge is 0.00675 e. The van der Waals surface area contributed by atoms with Gasteiger partial charge in [0.2, 0.25) is 0 Å². The van der Waals surface area contributed by atoms with E-state index in [0.29, 0.717) is 0 Å². The number of rotatable bonds is 8. The fourth-order valence-electron chi connectivity index (χ4n) is 1.18. The zero-order valence-corrected chi connectivity index (χ0v) is 11.6. The second-order valence-corrected chi connectivity index (χ2v) is 5.86. The average molecular weight is 267 g/mol. The molecule has 0 nitrogen and oxygen atoms in total. The zero-order chi connectivity index (χ0) is 10.1. The van der Waals surface area contributed by atoms with Crippen molar-refractivity contribution in [2.75, 3.05) is 16.8 Å². The first kappa shape index (κ1) is 13.8. The molecule has 0 aromatic heterocycles. The molecule has 0 aromatic carbocycles. The monoisotopic (exact) mass is 266 g/mol. The number of halogens is 1. The summed E-state index contributed by atoms with van der Waals surface area (Å²) in [5.74, 6) is 4.43. The molecule has 0 amide bonds. The SMILES string of the molecule is CCCC(CBr)CSCCC(C)C. The summed E-state index contributed by atoms with van der Waals surface area (Å²) in [5, 5.41) is 1.18. The van der Waals surface area contributed by atoms with Gasteiger partial charge in [0.25, 0.3) is 0 Å². The molecule has 0 bridgehead atoms. The maximum absolute atomic E-state index is 3.58. The summed E-state index contributed by atoms with van der Waals surface area (Å²) in [6.45, 7) is 6.87. The minimum atomic E-state index is 0.862. The van der Waals surface area contributed by atoms with Crippen molar-refractivity contribution in [2.24, 2.45) is 11.8 Å². The molecule has 0 aliphatic carbocycles. The lowest BCUT2D eigenvalue weighted by Gasteiger charge is -2.12. The number of thioether (sulfide) groups is 1. The van der Waals surface area contributed by atoms with Gasteiger partial charge in [-0.1, -0.05) is 43.1 Å². The number of hydrogen-bond acceptors (Lipinski definition) is 1. The van der Waals surface area contributed by atoms with Gasteiger partial charge in [0.15, 0.2) is 0 Å². The molecule has 0 aromatic rings.